The lowest BCUT2D eigenvalue weighted by Crippen LogP contribution is -2.29. The summed E-state index contributed by atoms with van der Waals surface area (Å²) in [5.41, 5.74) is 3.56. The second-order valence-electron chi connectivity index (χ2n) is 6.18. The van der Waals surface area contributed by atoms with Gasteiger partial charge in [0.15, 0.2) is 12.4 Å². The zero-order valence-corrected chi connectivity index (χ0v) is 15.1. The Bertz CT molecular complexity index is 1060. The number of benzene rings is 1. The minimum absolute atomic E-state index is 0.410. The summed E-state index contributed by atoms with van der Waals surface area (Å²) in [5.74, 6) is 0.749. The molecule has 0 aliphatic heterocycles. The van der Waals surface area contributed by atoms with Crippen molar-refractivity contribution in [3.8, 4) is 39.7 Å². The molecule has 4 rings (SSSR count). The number of pyridine rings is 3. The summed E-state index contributed by atoms with van der Waals surface area (Å²) >= 11 is 0. The number of ether oxygens (including phenoxy) is 1. The van der Waals surface area contributed by atoms with Crippen molar-refractivity contribution in [2.75, 3.05) is 7.11 Å². The molecule has 0 spiro atoms. The summed E-state index contributed by atoms with van der Waals surface area (Å²) in [6.07, 6.45) is 2.85. The third kappa shape index (κ3) is 3.35. The fourth-order valence-electron chi connectivity index (χ4n) is 3.00. The van der Waals surface area contributed by atoms with Gasteiger partial charge in [0.25, 0.3) is 0 Å². The Kier molecular flexibility index (Phi) is 4.60. The minimum atomic E-state index is 0.410. The molecule has 138 valence electrons. The number of hydrogen-bond acceptors (Lipinski definition) is 4. The monoisotopic (exact) mass is 371 g/mol. The van der Waals surface area contributed by atoms with Crippen LogP contribution >= 0.6 is 0 Å². The molecule has 3 aromatic heterocycles. The van der Waals surface area contributed by atoms with Crippen LogP contribution in [0.2, 0.25) is 0 Å². The summed E-state index contributed by atoms with van der Waals surface area (Å²) in [7, 11) is 1.61. The van der Waals surface area contributed by atoms with E-state index in [1.54, 1.807) is 43.5 Å². The molecule has 0 bridgehead atoms. The Labute approximate surface area is 162 Å². The molecule has 0 amide bonds. The first-order chi connectivity index (χ1) is 13.7. The third-order valence-corrected chi connectivity index (χ3v) is 4.42. The zero-order valence-electron chi connectivity index (χ0n) is 15.1. The van der Waals surface area contributed by atoms with Crippen molar-refractivity contribution in [2.45, 2.75) is 0 Å². The van der Waals surface area contributed by atoms with Crippen molar-refractivity contribution in [2.24, 2.45) is 0 Å². The van der Waals surface area contributed by atoms with Crippen LogP contribution < -0.4 is 14.2 Å². The molecule has 0 aliphatic carbocycles. The maximum Gasteiger partial charge on any atom is 0.242 e. The van der Waals surface area contributed by atoms with E-state index in [1.165, 1.54) is 12.4 Å². The molecule has 6 heteroatoms. The van der Waals surface area contributed by atoms with Gasteiger partial charge < -0.3 is 15.2 Å². The van der Waals surface area contributed by atoms with E-state index < -0.39 is 0 Å². The average molecular weight is 371 g/mol. The molecule has 0 fully saturated rings. The van der Waals surface area contributed by atoms with Gasteiger partial charge in [0.2, 0.25) is 11.4 Å². The molecule has 0 radical (unpaired) electrons. The molecule has 28 heavy (non-hydrogen) atoms. The molecule has 3 heterocycles. The first-order valence-corrected chi connectivity index (χ1v) is 8.69. The third-order valence-electron chi connectivity index (χ3n) is 4.42. The van der Waals surface area contributed by atoms with E-state index in [1.807, 2.05) is 36.4 Å². The van der Waals surface area contributed by atoms with Crippen LogP contribution in [0.1, 0.15) is 0 Å². The second kappa shape index (κ2) is 7.36. The summed E-state index contributed by atoms with van der Waals surface area (Å²) in [6.45, 7) is 0. The Morgan fingerprint density at radius 1 is 0.714 bits per heavy atom. The van der Waals surface area contributed by atoms with Crippen molar-refractivity contribution in [3.05, 3.63) is 95.6 Å². The number of aromatic nitrogens is 3. The average Bonchev–Trinajstić information content (AvgIpc) is 2.74. The van der Waals surface area contributed by atoms with E-state index in [4.69, 9.17) is 4.74 Å². The predicted octanol–water partition coefficient (Wildman–Crippen LogP) is 3.36. The van der Waals surface area contributed by atoms with Gasteiger partial charge in [-0.25, -0.2) is 4.98 Å². The van der Waals surface area contributed by atoms with Crippen LogP contribution in [-0.2, 0) is 0 Å². The lowest BCUT2D eigenvalue weighted by molar-refractivity contribution is -0.594. The van der Waals surface area contributed by atoms with Crippen LogP contribution in [-0.4, -0.2) is 12.1 Å². The molecule has 0 N–H and O–H groups in total. The Morgan fingerprint density at radius 3 is 1.71 bits per heavy atom. The van der Waals surface area contributed by atoms with E-state index in [9.17, 15) is 10.4 Å². The molecule has 0 atom stereocenters. The molecule has 1 aromatic carbocycles. The van der Waals surface area contributed by atoms with Gasteiger partial charge in [-0.05, 0) is 47.5 Å². The highest BCUT2D eigenvalue weighted by Crippen LogP contribution is 2.29. The van der Waals surface area contributed by atoms with Crippen LogP contribution in [0.25, 0.3) is 33.9 Å². The zero-order chi connectivity index (χ0) is 19.5. The highest BCUT2D eigenvalue weighted by Gasteiger charge is 2.17. The van der Waals surface area contributed by atoms with Gasteiger partial charge in [-0.3, -0.25) is 0 Å². The van der Waals surface area contributed by atoms with Crippen molar-refractivity contribution in [1.82, 2.24) is 4.98 Å². The van der Waals surface area contributed by atoms with Crippen molar-refractivity contribution < 1.29 is 14.2 Å². The normalized spacial score (nSPS) is 10.6. The fourth-order valence-corrected chi connectivity index (χ4v) is 3.00. The molecule has 4 aromatic rings. The van der Waals surface area contributed by atoms with E-state index in [0.29, 0.717) is 22.8 Å². The lowest BCUT2D eigenvalue weighted by Gasteiger charge is -2.10. The Morgan fingerprint density at radius 2 is 1.25 bits per heavy atom. The van der Waals surface area contributed by atoms with Crippen molar-refractivity contribution >= 4 is 0 Å². The molecule has 0 aliphatic rings. The standard InChI is InChI=1S/C22H17N3O3/c1-28-18-10-8-16(9-11-18)17-14-19(21-6-2-4-12-24(21)26)23-20(15-17)22-7-3-5-13-25(22)27/h2-15H,1H3. The predicted molar refractivity (Wildman–Crippen MR) is 105 cm³/mol. The van der Waals surface area contributed by atoms with Crippen molar-refractivity contribution in [3.63, 3.8) is 0 Å². The highest BCUT2D eigenvalue weighted by molar-refractivity contribution is 5.73. The molecular weight excluding hydrogens is 354 g/mol. The largest absolute Gasteiger partial charge is 0.618 e. The van der Waals surface area contributed by atoms with E-state index in [2.05, 4.69) is 4.98 Å². The first kappa shape index (κ1) is 17.5. The Hall–Kier alpha value is -3.93. The number of nitrogens with zero attached hydrogens (tertiary/aromatic N) is 3. The van der Waals surface area contributed by atoms with Gasteiger partial charge in [0.1, 0.15) is 17.1 Å². The maximum atomic E-state index is 12.3. The Balaban J connectivity index is 1.93. The summed E-state index contributed by atoms with van der Waals surface area (Å²) in [4.78, 5) is 4.59. The molecular formula is C22H17N3O3. The van der Waals surface area contributed by atoms with E-state index in [0.717, 1.165) is 26.3 Å². The fraction of sp³-hybridized carbons (Fsp3) is 0.0455. The van der Waals surface area contributed by atoms with Crippen LogP contribution in [0.4, 0.5) is 0 Å². The summed E-state index contributed by atoms with van der Waals surface area (Å²) in [6, 6.07) is 21.5. The maximum absolute atomic E-state index is 12.3. The number of hydrogen-bond donors (Lipinski definition) is 0. The van der Waals surface area contributed by atoms with Crippen LogP contribution in [0.15, 0.2) is 85.2 Å². The van der Waals surface area contributed by atoms with E-state index >= 15 is 0 Å². The molecule has 0 saturated heterocycles. The summed E-state index contributed by atoms with van der Waals surface area (Å²) < 4.78 is 6.75. The van der Waals surface area contributed by atoms with Gasteiger partial charge in [-0.1, -0.05) is 12.1 Å². The van der Waals surface area contributed by atoms with Crippen molar-refractivity contribution in [1.29, 1.82) is 0 Å². The van der Waals surface area contributed by atoms with Gasteiger partial charge >= 0.3 is 0 Å². The van der Waals surface area contributed by atoms with Crippen LogP contribution in [0, 0.1) is 10.4 Å². The lowest BCUT2D eigenvalue weighted by atomic mass is 10.0. The van der Waals surface area contributed by atoms with Gasteiger partial charge in [-0.15, -0.1) is 0 Å². The highest BCUT2D eigenvalue weighted by atomic mass is 16.5. The van der Waals surface area contributed by atoms with Crippen LogP contribution in [0.5, 0.6) is 5.75 Å². The van der Waals surface area contributed by atoms with E-state index in [-0.39, 0.29) is 0 Å². The molecule has 0 unspecified atom stereocenters. The summed E-state index contributed by atoms with van der Waals surface area (Å²) in [5, 5.41) is 24.5. The molecule has 6 nitrogen and oxygen atoms in total. The van der Waals surface area contributed by atoms with Gasteiger partial charge in [0, 0.05) is 24.3 Å². The molecule has 0 saturated carbocycles. The minimum Gasteiger partial charge on any atom is -0.618 e. The smallest absolute Gasteiger partial charge is 0.242 e. The van der Waals surface area contributed by atoms with Crippen LogP contribution in [0.3, 0.4) is 0 Å². The van der Waals surface area contributed by atoms with Gasteiger partial charge in [0.05, 0.1) is 7.11 Å². The SMILES string of the molecule is COc1ccc(-c2cc(-c3cccc[n+]3[O-])nc(-c3cccc[n+]3[O-])c2)cc1. The van der Waals surface area contributed by atoms with Gasteiger partial charge in [-0.2, -0.15) is 9.46 Å². The number of methoxy groups -OCH3 is 1. The first-order valence-electron chi connectivity index (χ1n) is 8.69. The quantitative estimate of drug-likeness (QED) is 0.407. The topological polar surface area (TPSA) is 76.0 Å². The number of rotatable bonds is 4. The second-order valence-corrected chi connectivity index (χ2v) is 6.18.